The Kier molecular flexibility index (Phi) is 6.68. The van der Waals surface area contributed by atoms with E-state index >= 15 is 0 Å². The molecule has 4 aromatic heterocycles. The number of ether oxygens (including phenoxy) is 3. The number of pyridine rings is 2. The van der Waals surface area contributed by atoms with E-state index < -0.39 is 23.0 Å². The van der Waals surface area contributed by atoms with Gasteiger partial charge < -0.3 is 24.1 Å². The van der Waals surface area contributed by atoms with E-state index in [1.807, 2.05) is 104 Å². The van der Waals surface area contributed by atoms with Crippen LogP contribution in [0.1, 0.15) is 39.2 Å². The third kappa shape index (κ3) is 5.21. The highest BCUT2D eigenvalue weighted by molar-refractivity contribution is 5.93. The summed E-state index contributed by atoms with van der Waals surface area (Å²) >= 11 is 0. The first kappa shape index (κ1) is 29.3. The summed E-state index contributed by atoms with van der Waals surface area (Å²) in [5, 5.41) is 9.22. The Hall–Kier alpha value is -5.13. The Bertz CT molecular complexity index is 2120. The van der Waals surface area contributed by atoms with E-state index in [1.165, 1.54) is 0 Å². The summed E-state index contributed by atoms with van der Waals surface area (Å²) in [6.45, 7) is 6.64. The molecule has 8 rings (SSSR count). The van der Waals surface area contributed by atoms with E-state index in [-0.39, 0.29) is 0 Å². The van der Waals surface area contributed by atoms with Crippen LogP contribution in [0.2, 0.25) is 0 Å². The third-order valence-electron chi connectivity index (χ3n) is 8.79. The number of amides is 1. The van der Waals surface area contributed by atoms with Crippen LogP contribution in [0.3, 0.4) is 0 Å². The summed E-state index contributed by atoms with van der Waals surface area (Å²) in [5.74, 6) is 0.0128. The molecule has 0 bridgehead atoms. The predicted octanol–water partition coefficient (Wildman–Crippen LogP) is 5.48. The van der Waals surface area contributed by atoms with Crippen LogP contribution in [-0.2, 0) is 26.8 Å². The number of carbonyl (C=O) groups excluding carboxylic acids is 1. The van der Waals surface area contributed by atoms with Gasteiger partial charge in [0.25, 0.3) is 5.65 Å². The summed E-state index contributed by atoms with van der Waals surface area (Å²) in [6, 6.07) is 22.5. The van der Waals surface area contributed by atoms with Gasteiger partial charge in [0.1, 0.15) is 11.3 Å². The van der Waals surface area contributed by atoms with Gasteiger partial charge in [-0.25, -0.2) is 9.78 Å². The monoisotopic (exact) mass is 630 g/mol. The molecule has 1 spiro atoms. The molecule has 6 aromatic rings. The second kappa shape index (κ2) is 10.7. The van der Waals surface area contributed by atoms with Gasteiger partial charge in [-0.2, -0.15) is 4.40 Å². The minimum atomic E-state index is -0.702. The molecule has 11 nitrogen and oxygen atoms in total. The van der Waals surface area contributed by atoms with Crippen molar-refractivity contribution in [3.8, 4) is 28.3 Å². The summed E-state index contributed by atoms with van der Waals surface area (Å²) in [7, 11) is 1.94. The first-order valence-corrected chi connectivity index (χ1v) is 15.8. The van der Waals surface area contributed by atoms with Gasteiger partial charge in [-0.1, -0.05) is 47.1 Å². The third-order valence-corrected chi connectivity index (χ3v) is 8.79. The van der Waals surface area contributed by atoms with Crippen molar-refractivity contribution in [1.82, 2.24) is 29.6 Å². The molecule has 0 radical (unpaired) electrons. The smallest absolute Gasteiger partial charge is 0.408 e. The predicted molar refractivity (Wildman–Crippen MR) is 175 cm³/mol. The van der Waals surface area contributed by atoms with Crippen LogP contribution in [0.4, 0.5) is 4.79 Å². The standard InChI is InChI=1S/C36H35N7O4/c1-34(2,3)47-33(44)39-35(21-36(22-35)45-16-17-46-36)26-10-12-27(13-11-26)43-32-28-18-25(24-8-6-5-7-9-24)19-37-29(28)14-15-42(32)31(40-43)30-20-41(4)23-38-30/h5-15,18-20,23H,16-17,21-22H2,1-4H3/p+1. The number of aromatic nitrogens is 6. The van der Waals surface area contributed by atoms with Gasteiger partial charge in [0, 0.05) is 37.8 Å². The van der Waals surface area contributed by atoms with Crippen molar-refractivity contribution in [2.45, 2.75) is 50.5 Å². The lowest BCUT2D eigenvalue weighted by atomic mass is 9.67. The number of carbonyl (C=O) groups is 1. The Balaban J connectivity index is 1.24. The normalized spacial score (nSPS) is 16.9. The van der Waals surface area contributed by atoms with Crippen LogP contribution in [0.15, 0.2) is 91.6 Å². The maximum Gasteiger partial charge on any atom is 0.408 e. The molecule has 238 valence electrons. The second-order valence-electron chi connectivity index (χ2n) is 13.4. The van der Waals surface area contributed by atoms with Crippen molar-refractivity contribution in [3.05, 3.63) is 97.2 Å². The highest BCUT2D eigenvalue weighted by Crippen LogP contribution is 2.53. The fourth-order valence-corrected chi connectivity index (χ4v) is 6.74. The zero-order valence-electron chi connectivity index (χ0n) is 26.8. The van der Waals surface area contributed by atoms with Gasteiger partial charge in [-0.15, -0.1) is 0 Å². The van der Waals surface area contributed by atoms with Crippen LogP contribution < -0.4 is 9.72 Å². The maximum atomic E-state index is 13.0. The molecule has 47 heavy (non-hydrogen) atoms. The van der Waals surface area contributed by atoms with Crippen LogP contribution >= 0.6 is 0 Å². The largest absolute Gasteiger partial charge is 0.444 e. The van der Waals surface area contributed by atoms with E-state index in [9.17, 15) is 4.79 Å². The van der Waals surface area contributed by atoms with Crippen molar-refractivity contribution in [2.24, 2.45) is 7.05 Å². The minimum absolute atomic E-state index is 0.475. The molecular weight excluding hydrogens is 594 g/mol. The maximum absolute atomic E-state index is 13.0. The number of hydrogen-bond acceptors (Lipinski definition) is 7. The Morgan fingerprint density at radius 2 is 1.72 bits per heavy atom. The Morgan fingerprint density at radius 3 is 2.40 bits per heavy atom. The SMILES string of the molecule is Cn1cnc(-c2nn(-c3ccc(C4(NC(=O)OC(C)(C)C)CC5(C4)OCCO5)cc3)c3c4cc(-c5ccccc5)cnc4cc[n+]23)c1. The fraction of sp³-hybridized carbons (Fsp3) is 0.306. The van der Waals surface area contributed by atoms with E-state index in [2.05, 4.69) is 32.9 Å². The molecule has 5 heterocycles. The first-order valence-electron chi connectivity index (χ1n) is 15.8. The lowest BCUT2D eigenvalue weighted by molar-refractivity contribution is -0.498. The highest BCUT2D eigenvalue weighted by atomic mass is 16.7. The topological polar surface area (TPSA) is 109 Å². The molecule has 1 saturated heterocycles. The average molecular weight is 631 g/mol. The molecule has 1 saturated carbocycles. The summed E-state index contributed by atoms with van der Waals surface area (Å²) < 4.78 is 23.5. The quantitative estimate of drug-likeness (QED) is 0.251. The fourth-order valence-electron chi connectivity index (χ4n) is 6.74. The molecule has 1 amide bonds. The second-order valence-corrected chi connectivity index (χ2v) is 13.4. The van der Waals surface area contributed by atoms with Gasteiger partial charge in [0.05, 0.1) is 47.3 Å². The van der Waals surface area contributed by atoms with E-state index in [0.29, 0.717) is 31.9 Å². The number of nitrogens with zero attached hydrogens (tertiary/aromatic N) is 6. The van der Waals surface area contributed by atoms with E-state index in [4.69, 9.17) is 24.3 Å². The zero-order chi connectivity index (χ0) is 32.4. The van der Waals surface area contributed by atoms with Gasteiger partial charge >= 0.3 is 11.9 Å². The number of rotatable bonds is 5. The number of alkyl carbamates (subject to hydrolysis) is 1. The van der Waals surface area contributed by atoms with Crippen molar-refractivity contribution in [3.63, 3.8) is 0 Å². The molecule has 2 aliphatic rings. The zero-order valence-corrected chi connectivity index (χ0v) is 26.8. The number of aryl methyl sites for hydroxylation is 1. The van der Waals surface area contributed by atoms with Crippen LogP contribution in [-0.4, -0.2) is 55.0 Å². The van der Waals surface area contributed by atoms with Crippen molar-refractivity contribution in [1.29, 1.82) is 0 Å². The first-order chi connectivity index (χ1) is 22.6. The average Bonchev–Trinajstić information content (AvgIpc) is 3.79. The molecule has 1 aliphatic carbocycles. The molecule has 0 atom stereocenters. The van der Waals surface area contributed by atoms with Crippen LogP contribution in [0.25, 0.3) is 44.9 Å². The van der Waals surface area contributed by atoms with Crippen LogP contribution in [0.5, 0.6) is 0 Å². The van der Waals surface area contributed by atoms with E-state index in [1.54, 1.807) is 6.33 Å². The van der Waals surface area contributed by atoms with Gasteiger partial charge in [-0.3, -0.25) is 4.98 Å². The summed E-state index contributed by atoms with van der Waals surface area (Å²) in [5.41, 5.74) is 5.02. The van der Waals surface area contributed by atoms with Crippen molar-refractivity contribution in [2.75, 3.05) is 13.2 Å². The minimum Gasteiger partial charge on any atom is -0.444 e. The van der Waals surface area contributed by atoms with Crippen molar-refractivity contribution < 1.29 is 23.4 Å². The van der Waals surface area contributed by atoms with Crippen LogP contribution in [0, 0.1) is 0 Å². The van der Waals surface area contributed by atoms with E-state index in [0.717, 1.165) is 44.6 Å². The Labute approximate surface area is 271 Å². The highest BCUT2D eigenvalue weighted by Gasteiger charge is 2.60. The number of nitrogens with one attached hydrogen (secondary N) is 1. The van der Waals surface area contributed by atoms with Gasteiger partial charge in [0.15, 0.2) is 11.5 Å². The molecule has 2 aromatic carbocycles. The number of benzene rings is 2. The van der Waals surface area contributed by atoms with Crippen molar-refractivity contribution >= 4 is 22.6 Å². The molecule has 1 N–H and O–H groups in total. The molecular formula is C36H36N7O4+. The lowest BCUT2D eigenvalue weighted by Crippen LogP contribution is -2.64. The molecule has 1 aliphatic heterocycles. The molecule has 11 heteroatoms. The Morgan fingerprint density at radius 1 is 0.979 bits per heavy atom. The summed E-state index contributed by atoms with van der Waals surface area (Å²) in [6.07, 6.45) is 8.12. The number of fused-ring (bicyclic) bond motifs is 3. The van der Waals surface area contributed by atoms with Gasteiger partial charge in [-0.05, 0) is 56.2 Å². The lowest BCUT2D eigenvalue weighted by Gasteiger charge is -2.53. The molecule has 2 fully saturated rings. The molecule has 0 unspecified atom stereocenters. The van der Waals surface area contributed by atoms with Gasteiger partial charge in [0.2, 0.25) is 0 Å². The number of hydrogen-bond donors (Lipinski definition) is 1. The number of imidazole rings is 1. The summed E-state index contributed by atoms with van der Waals surface area (Å²) in [4.78, 5) is 22.5.